The summed E-state index contributed by atoms with van der Waals surface area (Å²) < 4.78 is 13.6. The summed E-state index contributed by atoms with van der Waals surface area (Å²) >= 11 is 3.33. The van der Waals surface area contributed by atoms with E-state index in [1.165, 1.54) is 12.1 Å². The number of hydrogen-bond donors (Lipinski definition) is 0. The third-order valence-corrected chi connectivity index (χ3v) is 3.88. The minimum Gasteiger partial charge on any atom is -0.299 e. The van der Waals surface area contributed by atoms with Gasteiger partial charge in [-0.3, -0.25) is 4.79 Å². The van der Waals surface area contributed by atoms with Crippen molar-refractivity contribution in [3.63, 3.8) is 0 Å². The molecule has 0 aromatic heterocycles. The van der Waals surface area contributed by atoms with Crippen LogP contribution in [0.1, 0.15) is 25.3 Å². The summed E-state index contributed by atoms with van der Waals surface area (Å²) in [5.74, 6) is -0.00276. The SMILES string of the molecule is CC(=O)C1(Cc2ccc(F)cc2Br)CC1. The molecule has 1 fully saturated rings. The summed E-state index contributed by atoms with van der Waals surface area (Å²) in [6, 6.07) is 4.64. The molecule has 1 aliphatic carbocycles. The second-order valence-electron chi connectivity index (χ2n) is 4.25. The number of Topliss-reactive ketones (excluding diaryl/α,β-unsaturated/α-hetero) is 1. The maximum absolute atomic E-state index is 12.9. The van der Waals surface area contributed by atoms with Gasteiger partial charge in [0.25, 0.3) is 0 Å². The van der Waals surface area contributed by atoms with Crippen LogP contribution in [0.2, 0.25) is 0 Å². The van der Waals surface area contributed by atoms with Crippen molar-refractivity contribution in [2.45, 2.75) is 26.2 Å². The smallest absolute Gasteiger partial charge is 0.136 e. The van der Waals surface area contributed by atoms with Crippen LogP contribution in [0.4, 0.5) is 4.39 Å². The fourth-order valence-corrected chi connectivity index (χ4v) is 2.32. The Morgan fingerprint density at radius 1 is 1.53 bits per heavy atom. The molecular weight excluding hydrogens is 259 g/mol. The first-order valence-corrected chi connectivity index (χ1v) is 5.78. The molecule has 0 radical (unpaired) electrons. The molecule has 1 aromatic carbocycles. The first-order chi connectivity index (χ1) is 7.03. The molecule has 1 aliphatic rings. The third-order valence-electron chi connectivity index (χ3n) is 3.14. The van der Waals surface area contributed by atoms with Gasteiger partial charge in [-0.1, -0.05) is 22.0 Å². The molecule has 0 unspecified atom stereocenters. The fourth-order valence-electron chi connectivity index (χ4n) is 1.83. The predicted molar refractivity (Wildman–Crippen MR) is 60.2 cm³/mol. The molecule has 1 nitrogen and oxygen atoms in total. The van der Waals surface area contributed by atoms with Crippen LogP contribution >= 0.6 is 15.9 Å². The van der Waals surface area contributed by atoms with Gasteiger partial charge in [0.1, 0.15) is 11.6 Å². The van der Waals surface area contributed by atoms with E-state index in [4.69, 9.17) is 0 Å². The van der Waals surface area contributed by atoms with Crippen molar-refractivity contribution in [2.75, 3.05) is 0 Å². The molecule has 80 valence electrons. The van der Waals surface area contributed by atoms with Crippen molar-refractivity contribution in [3.05, 3.63) is 34.1 Å². The quantitative estimate of drug-likeness (QED) is 0.822. The largest absolute Gasteiger partial charge is 0.299 e. The van der Waals surface area contributed by atoms with Crippen LogP contribution in [-0.2, 0) is 11.2 Å². The summed E-state index contributed by atoms with van der Waals surface area (Å²) in [6.07, 6.45) is 2.65. The van der Waals surface area contributed by atoms with Crippen molar-refractivity contribution >= 4 is 21.7 Å². The highest BCUT2D eigenvalue weighted by molar-refractivity contribution is 9.10. The number of hydrogen-bond acceptors (Lipinski definition) is 1. The first kappa shape index (κ1) is 10.8. The molecule has 1 aromatic rings. The summed E-state index contributed by atoms with van der Waals surface area (Å²) in [4.78, 5) is 11.4. The topological polar surface area (TPSA) is 17.1 Å². The zero-order valence-electron chi connectivity index (χ0n) is 8.52. The van der Waals surface area contributed by atoms with Gasteiger partial charge in [0.2, 0.25) is 0 Å². The maximum atomic E-state index is 12.9. The lowest BCUT2D eigenvalue weighted by Gasteiger charge is -2.12. The summed E-state index contributed by atoms with van der Waals surface area (Å²) in [5.41, 5.74) is 0.865. The van der Waals surface area contributed by atoms with Crippen LogP contribution in [-0.4, -0.2) is 5.78 Å². The van der Waals surface area contributed by atoms with Gasteiger partial charge in [-0.2, -0.15) is 0 Å². The number of benzene rings is 1. The van der Waals surface area contributed by atoms with Gasteiger partial charge in [0.05, 0.1) is 0 Å². The lowest BCUT2D eigenvalue weighted by atomic mass is 9.93. The zero-order valence-corrected chi connectivity index (χ0v) is 10.1. The van der Waals surface area contributed by atoms with Gasteiger partial charge < -0.3 is 0 Å². The number of ketones is 1. The zero-order chi connectivity index (χ0) is 11.1. The van der Waals surface area contributed by atoms with Crippen LogP contribution in [0.5, 0.6) is 0 Å². The van der Waals surface area contributed by atoms with Crippen molar-refractivity contribution in [2.24, 2.45) is 5.41 Å². The molecule has 0 atom stereocenters. The van der Waals surface area contributed by atoms with Gasteiger partial charge in [0, 0.05) is 9.89 Å². The van der Waals surface area contributed by atoms with Crippen LogP contribution in [0.15, 0.2) is 22.7 Å². The van der Waals surface area contributed by atoms with E-state index in [0.717, 1.165) is 29.3 Å². The molecule has 0 saturated heterocycles. The van der Waals surface area contributed by atoms with Crippen molar-refractivity contribution in [1.29, 1.82) is 0 Å². The minimum absolute atomic E-state index is 0.152. The second-order valence-corrected chi connectivity index (χ2v) is 5.10. The Hall–Kier alpha value is -0.700. The number of carbonyl (C=O) groups is 1. The van der Waals surface area contributed by atoms with E-state index in [1.807, 2.05) is 0 Å². The number of rotatable bonds is 3. The molecule has 0 N–H and O–H groups in total. The van der Waals surface area contributed by atoms with Crippen LogP contribution < -0.4 is 0 Å². The molecule has 2 rings (SSSR count). The van der Waals surface area contributed by atoms with E-state index in [0.29, 0.717) is 0 Å². The Balaban J connectivity index is 2.21. The molecule has 0 amide bonds. The predicted octanol–water partition coefficient (Wildman–Crippen LogP) is 3.50. The third kappa shape index (κ3) is 2.12. The Bertz CT molecular complexity index is 410. The Labute approximate surface area is 96.8 Å². The van der Waals surface area contributed by atoms with Crippen LogP contribution in [0, 0.1) is 11.2 Å². The van der Waals surface area contributed by atoms with Gasteiger partial charge in [-0.05, 0) is 43.9 Å². The van der Waals surface area contributed by atoms with Crippen LogP contribution in [0.3, 0.4) is 0 Å². The molecule has 15 heavy (non-hydrogen) atoms. The summed E-state index contributed by atoms with van der Waals surface area (Å²) in [7, 11) is 0. The van der Waals surface area contributed by atoms with E-state index in [1.54, 1.807) is 13.0 Å². The molecule has 1 saturated carbocycles. The minimum atomic E-state index is -0.252. The fraction of sp³-hybridized carbons (Fsp3) is 0.417. The average molecular weight is 271 g/mol. The summed E-state index contributed by atoms with van der Waals surface area (Å²) in [6.45, 7) is 1.64. The lowest BCUT2D eigenvalue weighted by molar-refractivity contribution is -0.121. The molecule has 0 heterocycles. The van der Waals surface area contributed by atoms with Gasteiger partial charge in [-0.15, -0.1) is 0 Å². The van der Waals surface area contributed by atoms with E-state index in [2.05, 4.69) is 15.9 Å². The van der Waals surface area contributed by atoms with Gasteiger partial charge in [-0.25, -0.2) is 4.39 Å². The molecule has 0 bridgehead atoms. The Morgan fingerprint density at radius 3 is 2.67 bits per heavy atom. The Kier molecular flexibility index (Phi) is 2.67. The highest BCUT2D eigenvalue weighted by atomic mass is 79.9. The Morgan fingerprint density at radius 2 is 2.20 bits per heavy atom. The molecule has 0 aliphatic heterocycles. The van der Waals surface area contributed by atoms with Gasteiger partial charge in [0.15, 0.2) is 0 Å². The summed E-state index contributed by atoms with van der Waals surface area (Å²) in [5, 5.41) is 0. The number of halogens is 2. The van der Waals surface area contributed by atoms with Crippen molar-refractivity contribution in [3.8, 4) is 0 Å². The standard InChI is InChI=1S/C12H12BrFO/c1-8(15)12(4-5-12)7-9-2-3-10(14)6-11(9)13/h2-3,6H,4-5,7H2,1H3. The van der Waals surface area contributed by atoms with E-state index in [9.17, 15) is 9.18 Å². The highest BCUT2D eigenvalue weighted by Gasteiger charge is 2.47. The lowest BCUT2D eigenvalue weighted by Crippen LogP contribution is -2.15. The van der Waals surface area contributed by atoms with Crippen LogP contribution in [0.25, 0.3) is 0 Å². The maximum Gasteiger partial charge on any atom is 0.136 e. The second kappa shape index (κ2) is 3.71. The molecule has 3 heteroatoms. The molecule has 0 spiro atoms. The number of carbonyl (C=O) groups excluding carboxylic acids is 1. The molecular formula is C12H12BrFO. The highest BCUT2D eigenvalue weighted by Crippen LogP contribution is 2.49. The van der Waals surface area contributed by atoms with Crippen molar-refractivity contribution in [1.82, 2.24) is 0 Å². The first-order valence-electron chi connectivity index (χ1n) is 4.98. The van der Waals surface area contributed by atoms with E-state index < -0.39 is 0 Å². The van der Waals surface area contributed by atoms with E-state index in [-0.39, 0.29) is 17.0 Å². The monoisotopic (exact) mass is 270 g/mol. The van der Waals surface area contributed by atoms with E-state index >= 15 is 0 Å². The normalized spacial score (nSPS) is 17.5. The van der Waals surface area contributed by atoms with Gasteiger partial charge >= 0.3 is 0 Å². The van der Waals surface area contributed by atoms with Crippen molar-refractivity contribution < 1.29 is 9.18 Å². The average Bonchev–Trinajstić information content (AvgIpc) is 2.91.